The number of hydrogen-bond donors (Lipinski definition) is 1. The number of carbonyl (C=O) groups is 1. The molecule has 1 amide bonds. The lowest BCUT2D eigenvalue weighted by atomic mass is 9.93. The monoisotopic (exact) mass is 285 g/mol. The molecule has 1 aromatic heterocycles. The van der Waals surface area contributed by atoms with Gasteiger partial charge in [0.15, 0.2) is 0 Å². The number of likely N-dealkylation sites (tertiary alicyclic amines) is 1. The van der Waals surface area contributed by atoms with Gasteiger partial charge in [-0.15, -0.1) is 22.6 Å². The van der Waals surface area contributed by atoms with Crippen molar-refractivity contribution in [3.05, 3.63) is 12.7 Å². The van der Waals surface area contributed by atoms with E-state index >= 15 is 0 Å². The Morgan fingerprint density at radius 2 is 1.79 bits per heavy atom. The van der Waals surface area contributed by atoms with Gasteiger partial charge < -0.3 is 15.2 Å². The fraction of sp³-hybridized carbons (Fsp3) is 0.750. The summed E-state index contributed by atoms with van der Waals surface area (Å²) in [6.45, 7) is 2.35. The lowest BCUT2D eigenvalue weighted by Crippen LogP contribution is -2.50. The molecule has 6 nitrogen and oxygen atoms in total. The Balaban J connectivity index is 0.00000133. The number of nitrogens with two attached hydrogens (primary N) is 1. The summed E-state index contributed by atoms with van der Waals surface area (Å²) in [7, 11) is 0. The van der Waals surface area contributed by atoms with Crippen LogP contribution < -0.4 is 5.73 Å². The van der Waals surface area contributed by atoms with Crippen LogP contribution in [0.2, 0.25) is 0 Å². The van der Waals surface area contributed by atoms with Crippen LogP contribution in [-0.4, -0.2) is 44.7 Å². The molecular formula is C12H20ClN5O. The Kier molecular flexibility index (Phi) is 4.42. The van der Waals surface area contributed by atoms with Crippen LogP contribution in [0, 0.1) is 11.8 Å². The van der Waals surface area contributed by atoms with E-state index in [2.05, 4.69) is 10.2 Å². The van der Waals surface area contributed by atoms with E-state index in [1.807, 2.05) is 9.47 Å². The third kappa shape index (κ3) is 2.90. The molecule has 1 aliphatic heterocycles. The molecular weight excluding hydrogens is 266 g/mol. The predicted octanol–water partition coefficient (Wildman–Crippen LogP) is 0.286. The highest BCUT2D eigenvalue weighted by molar-refractivity contribution is 5.85. The minimum atomic E-state index is 0. The average Bonchev–Trinajstić information content (AvgIpc) is 2.93. The molecule has 2 N–H and O–H groups in total. The van der Waals surface area contributed by atoms with Crippen molar-refractivity contribution in [3.8, 4) is 0 Å². The molecule has 1 saturated carbocycles. The van der Waals surface area contributed by atoms with Gasteiger partial charge in [0.1, 0.15) is 12.7 Å². The molecule has 2 aliphatic rings. The van der Waals surface area contributed by atoms with Crippen molar-refractivity contribution in [1.29, 1.82) is 0 Å². The molecule has 2 fully saturated rings. The quantitative estimate of drug-likeness (QED) is 0.866. The summed E-state index contributed by atoms with van der Waals surface area (Å²) in [5, 5.41) is 7.46. The second kappa shape index (κ2) is 5.88. The van der Waals surface area contributed by atoms with E-state index in [9.17, 15) is 4.79 Å². The van der Waals surface area contributed by atoms with E-state index in [-0.39, 0.29) is 18.3 Å². The first kappa shape index (κ1) is 14.3. The highest BCUT2D eigenvalue weighted by atomic mass is 35.5. The molecule has 1 aromatic rings. The first-order chi connectivity index (χ1) is 8.74. The number of halogens is 1. The molecule has 0 spiro atoms. The molecule has 1 unspecified atom stereocenters. The third-order valence-corrected chi connectivity index (χ3v) is 4.31. The van der Waals surface area contributed by atoms with Crippen LogP contribution in [0.1, 0.15) is 19.3 Å². The summed E-state index contributed by atoms with van der Waals surface area (Å²) in [6, 6.07) is 0.312. The molecule has 106 valence electrons. The fourth-order valence-electron chi connectivity index (χ4n) is 3.19. The van der Waals surface area contributed by atoms with Gasteiger partial charge in [-0.3, -0.25) is 4.79 Å². The molecule has 3 rings (SSSR count). The maximum absolute atomic E-state index is 12.1. The SMILES string of the molecule is Cl.NC1[C@@H]2CC[C@H]1CN(C(=O)CCn1cnnc1)C2. The zero-order chi connectivity index (χ0) is 12.5. The lowest BCUT2D eigenvalue weighted by Gasteiger charge is -2.36. The van der Waals surface area contributed by atoms with Crippen molar-refractivity contribution in [2.75, 3.05) is 13.1 Å². The number of amides is 1. The summed E-state index contributed by atoms with van der Waals surface area (Å²) in [5.41, 5.74) is 6.14. The predicted molar refractivity (Wildman–Crippen MR) is 72.7 cm³/mol. The summed E-state index contributed by atoms with van der Waals surface area (Å²) in [6.07, 6.45) is 6.17. The van der Waals surface area contributed by atoms with E-state index in [0.29, 0.717) is 30.8 Å². The number of piperidine rings is 1. The van der Waals surface area contributed by atoms with E-state index in [4.69, 9.17) is 5.73 Å². The minimum absolute atomic E-state index is 0. The number of hydrogen-bond acceptors (Lipinski definition) is 4. The van der Waals surface area contributed by atoms with Crippen molar-refractivity contribution < 1.29 is 4.79 Å². The van der Waals surface area contributed by atoms with E-state index in [1.54, 1.807) is 12.7 Å². The molecule has 3 atom stereocenters. The summed E-state index contributed by atoms with van der Waals surface area (Å²) >= 11 is 0. The van der Waals surface area contributed by atoms with Gasteiger partial charge in [0, 0.05) is 32.1 Å². The number of aryl methyl sites for hydroxylation is 1. The van der Waals surface area contributed by atoms with Crippen LogP contribution in [0.15, 0.2) is 12.7 Å². The Morgan fingerprint density at radius 3 is 2.37 bits per heavy atom. The molecule has 1 aliphatic carbocycles. The summed E-state index contributed by atoms with van der Waals surface area (Å²) < 4.78 is 1.84. The number of aromatic nitrogens is 3. The van der Waals surface area contributed by atoms with Gasteiger partial charge in [0.05, 0.1) is 0 Å². The smallest absolute Gasteiger partial charge is 0.224 e. The second-order valence-electron chi connectivity index (χ2n) is 5.42. The summed E-state index contributed by atoms with van der Waals surface area (Å²) in [5.74, 6) is 1.26. The van der Waals surface area contributed by atoms with Gasteiger partial charge in [-0.1, -0.05) is 0 Å². The second-order valence-corrected chi connectivity index (χ2v) is 5.42. The summed E-state index contributed by atoms with van der Waals surface area (Å²) in [4.78, 5) is 14.1. The highest BCUT2D eigenvalue weighted by Gasteiger charge is 2.40. The third-order valence-electron chi connectivity index (χ3n) is 4.31. The molecule has 2 heterocycles. The van der Waals surface area contributed by atoms with Gasteiger partial charge in [-0.25, -0.2) is 0 Å². The van der Waals surface area contributed by atoms with E-state index < -0.39 is 0 Å². The van der Waals surface area contributed by atoms with Crippen molar-refractivity contribution in [2.45, 2.75) is 31.8 Å². The molecule has 2 bridgehead atoms. The maximum Gasteiger partial charge on any atom is 0.224 e. The van der Waals surface area contributed by atoms with Crippen LogP contribution in [0.5, 0.6) is 0 Å². The Labute approximate surface area is 118 Å². The van der Waals surface area contributed by atoms with Gasteiger partial charge in [-0.2, -0.15) is 0 Å². The van der Waals surface area contributed by atoms with E-state index in [0.717, 1.165) is 13.1 Å². The maximum atomic E-state index is 12.1. The van der Waals surface area contributed by atoms with Crippen LogP contribution in [0.25, 0.3) is 0 Å². The zero-order valence-electron chi connectivity index (χ0n) is 10.8. The van der Waals surface area contributed by atoms with Crippen molar-refractivity contribution >= 4 is 18.3 Å². The Hall–Kier alpha value is -1.14. The molecule has 1 saturated heterocycles. The van der Waals surface area contributed by atoms with Crippen LogP contribution in [0.4, 0.5) is 0 Å². The average molecular weight is 286 g/mol. The fourth-order valence-corrected chi connectivity index (χ4v) is 3.19. The topological polar surface area (TPSA) is 77.0 Å². The van der Waals surface area contributed by atoms with Gasteiger partial charge in [0.2, 0.25) is 5.91 Å². The minimum Gasteiger partial charge on any atom is -0.342 e. The number of carbonyl (C=O) groups excluding carboxylic acids is 1. The zero-order valence-corrected chi connectivity index (χ0v) is 11.6. The van der Waals surface area contributed by atoms with Crippen molar-refractivity contribution in [2.24, 2.45) is 17.6 Å². The lowest BCUT2D eigenvalue weighted by molar-refractivity contribution is -0.133. The van der Waals surface area contributed by atoms with Crippen LogP contribution in [-0.2, 0) is 11.3 Å². The highest BCUT2D eigenvalue weighted by Crippen LogP contribution is 2.35. The first-order valence-electron chi connectivity index (χ1n) is 6.60. The van der Waals surface area contributed by atoms with Crippen LogP contribution in [0.3, 0.4) is 0 Å². The van der Waals surface area contributed by atoms with Gasteiger partial charge >= 0.3 is 0 Å². The number of nitrogens with zero attached hydrogens (tertiary/aromatic N) is 4. The number of rotatable bonds is 3. The standard InChI is InChI=1S/C12H19N5O.ClH/c13-12-9-1-2-10(12)6-17(5-9)11(18)3-4-16-7-14-15-8-16;/h7-10,12H,1-6,13H2;1H/t9-,10+,12?;. The van der Waals surface area contributed by atoms with Gasteiger partial charge in [0.25, 0.3) is 0 Å². The van der Waals surface area contributed by atoms with Gasteiger partial charge in [-0.05, 0) is 24.7 Å². The van der Waals surface area contributed by atoms with Crippen molar-refractivity contribution in [3.63, 3.8) is 0 Å². The molecule has 7 heteroatoms. The van der Waals surface area contributed by atoms with E-state index in [1.165, 1.54) is 12.8 Å². The molecule has 19 heavy (non-hydrogen) atoms. The van der Waals surface area contributed by atoms with Crippen LogP contribution >= 0.6 is 12.4 Å². The van der Waals surface area contributed by atoms with Crippen molar-refractivity contribution in [1.82, 2.24) is 19.7 Å². The Morgan fingerprint density at radius 1 is 1.21 bits per heavy atom. The molecule has 0 radical (unpaired) electrons. The normalized spacial score (nSPS) is 29.1. The Bertz CT molecular complexity index is 410. The molecule has 0 aromatic carbocycles. The largest absolute Gasteiger partial charge is 0.342 e. The number of fused-ring (bicyclic) bond motifs is 2. The first-order valence-corrected chi connectivity index (χ1v) is 6.60.